The summed E-state index contributed by atoms with van der Waals surface area (Å²) in [4.78, 5) is -0.468. The molecule has 0 atom stereocenters. The second-order valence-electron chi connectivity index (χ2n) is 3.88. The Kier molecular flexibility index (Phi) is 3.79. The van der Waals surface area contributed by atoms with Crippen LogP contribution >= 0.6 is 0 Å². The number of benzene rings is 2. The van der Waals surface area contributed by atoms with Crippen LogP contribution in [-0.4, -0.2) is 27.0 Å². The first-order valence-corrected chi connectivity index (χ1v) is 8.92. The zero-order chi connectivity index (χ0) is 15.7. The Bertz CT molecular complexity index is 856. The number of aromatic hydroxyl groups is 2. The molecule has 0 saturated carbocycles. The van der Waals surface area contributed by atoms with Crippen LogP contribution in [0.2, 0.25) is 0 Å². The van der Waals surface area contributed by atoms with Gasteiger partial charge in [0.1, 0.15) is 0 Å². The molecule has 0 aliphatic rings. The molecule has 0 fully saturated rings. The highest BCUT2D eigenvalue weighted by Gasteiger charge is 2.35. The highest BCUT2D eigenvalue weighted by atomic mass is 33.2. The molecule has 0 aromatic heterocycles. The van der Waals surface area contributed by atoms with Crippen molar-refractivity contribution in [3.05, 3.63) is 48.5 Å². The standard InChI is InChI=1S/C12H10O7S2/c13-10-7-4-8-11(12(10)14)19-21(17,18)20(15,16)9-5-2-1-3-6-9/h1-8,13-14H. The van der Waals surface area contributed by atoms with Crippen molar-refractivity contribution in [2.24, 2.45) is 0 Å². The minimum absolute atomic E-state index is 0.468. The first-order chi connectivity index (χ1) is 9.75. The Hall–Kier alpha value is -2.26. The van der Waals surface area contributed by atoms with E-state index in [0.29, 0.717) is 0 Å². The highest BCUT2D eigenvalue weighted by Crippen LogP contribution is 2.36. The molecule has 2 aromatic rings. The van der Waals surface area contributed by atoms with Gasteiger partial charge in [0.2, 0.25) is 5.75 Å². The van der Waals surface area contributed by atoms with E-state index < -0.39 is 40.2 Å². The predicted molar refractivity (Wildman–Crippen MR) is 72.9 cm³/mol. The van der Waals surface area contributed by atoms with Crippen LogP contribution in [-0.2, 0) is 18.0 Å². The summed E-state index contributed by atoms with van der Waals surface area (Å²) in [6.07, 6.45) is 0. The summed E-state index contributed by atoms with van der Waals surface area (Å²) in [5, 5.41) is 18.7. The lowest BCUT2D eigenvalue weighted by Gasteiger charge is -2.09. The molecule has 0 saturated heterocycles. The first-order valence-electron chi connectivity index (χ1n) is 5.51. The van der Waals surface area contributed by atoms with E-state index in [1.807, 2.05) is 0 Å². The van der Waals surface area contributed by atoms with Gasteiger partial charge in [0.15, 0.2) is 11.5 Å². The van der Waals surface area contributed by atoms with Crippen molar-refractivity contribution >= 4 is 18.0 Å². The molecule has 0 bridgehead atoms. The topological polar surface area (TPSA) is 118 Å². The molecule has 21 heavy (non-hydrogen) atoms. The molecule has 9 heteroatoms. The van der Waals surface area contributed by atoms with Crippen molar-refractivity contribution in [1.82, 2.24) is 0 Å². The van der Waals surface area contributed by atoms with Gasteiger partial charge >= 0.3 is 18.0 Å². The van der Waals surface area contributed by atoms with Crippen molar-refractivity contribution in [2.75, 3.05) is 0 Å². The second-order valence-corrected chi connectivity index (χ2v) is 8.79. The van der Waals surface area contributed by atoms with Crippen molar-refractivity contribution in [2.45, 2.75) is 4.90 Å². The number of para-hydroxylation sites is 1. The van der Waals surface area contributed by atoms with Crippen LogP contribution in [0.3, 0.4) is 0 Å². The summed E-state index contributed by atoms with van der Waals surface area (Å²) in [6, 6.07) is 9.70. The van der Waals surface area contributed by atoms with Crippen molar-refractivity contribution in [3.8, 4) is 17.2 Å². The third-order valence-corrected chi connectivity index (χ3v) is 6.63. The lowest BCUT2D eigenvalue weighted by atomic mass is 10.3. The lowest BCUT2D eigenvalue weighted by molar-refractivity contribution is 0.385. The fourth-order valence-corrected chi connectivity index (χ4v) is 4.14. The molecule has 0 heterocycles. The lowest BCUT2D eigenvalue weighted by Crippen LogP contribution is -2.21. The van der Waals surface area contributed by atoms with Crippen molar-refractivity contribution < 1.29 is 31.2 Å². The number of hydrogen-bond donors (Lipinski definition) is 2. The van der Waals surface area contributed by atoms with Crippen LogP contribution in [0.15, 0.2) is 53.4 Å². The van der Waals surface area contributed by atoms with Gasteiger partial charge in [-0.15, -0.1) is 0 Å². The maximum absolute atomic E-state index is 12.0. The molecule has 2 N–H and O–H groups in total. The van der Waals surface area contributed by atoms with Crippen LogP contribution in [0.25, 0.3) is 0 Å². The average Bonchev–Trinajstić information content (AvgIpc) is 2.44. The van der Waals surface area contributed by atoms with Crippen molar-refractivity contribution in [1.29, 1.82) is 0 Å². The predicted octanol–water partition coefficient (Wildman–Crippen LogP) is 1.20. The molecule has 112 valence electrons. The van der Waals surface area contributed by atoms with Crippen LogP contribution in [0.4, 0.5) is 0 Å². The van der Waals surface area contributed by atoms with E-state index >= 15 is 0 Å². The van der Waals surface area contributed by atoms with Gasteiger partial charge in [0.05, 0.1) is 4.90 Å². The van der Waals surface area contributed by atoms with Gasteiger partial charge in [0, 0.05) is 0 Å². The highest BCUT2D eigenvalue weighted by molar-refractivity contribution is 8.65. The van der Waals surface area contributed by atoms with Gasteiger partial charge in [-0.1, -0.05) is 24.3 Å². The SMILES string of the molecule is O=S(=O)(Oc1cccc(O)c1O)S(=O)(=O)c1ccccc1. The monoisotopic (exact) mass is 330 g/mol. The van der Waals surface area contributed by atoms with E-state index in [1.165, 1.54) is 24.3 Å². The molecular weight excluding hydrogens is 320 g/mol. The summed E-state index contributed by atoms with van der Waals surface area (Å²) in [5.41, 5.74) is 0. The van der Waals surface area contributed by atoms with Crippen LogP contribution < -0.4 is 4.18 Å². The minimum atomic E-state index is -5.10. The third-order valence-electron chi connectivity index (χ3n) is 2.47. The van der Waals surface area contributed by atoms with Gasteiger partial charge in [-0.25, -0.2) is 8.42 Å². The zero-order valence-corrected chi connectivity index (χ0v) is 12.0. The van der Waals surface area contributed by atoms with Crippen LogP contribution in [0.5, 0.6) is 17.2 Å². The molecule has 7 nitrogen and oxygen atoms in total. The molecule has 0 aliphatic carbocycles. The smallest absolute Gasteiger partial charge is 0.423 e. The minimum Gasteiger partial charge on any atom is -0.504 e. The molecule has 0 unspecified atom stereocenters. The van der Waals surface area contributed by atoms with Crippen LogP contribution in [0.1, 0.15) is 0 Å². The number of rotatable bonds is 4. The van der Waals surface area contributed by atoms with Gasteiger partial charge in [-0.05, 0) is 24.3 Å². The van der Waals surface area contributed by atoms with Gasteiger partial charge < -0.3 is 14.4 Å². The molecule has 2 rings (SSSR count). The fraction of sp³-hybridized carbons (Fsp3) is 0. The van der Waals surface area contributed by atoms with Gasteiger partial charge in [0.25, 0.3) is 0 Å². The maximum Gasteiger partial charge on any atom is 0.423 e. The third kappa shape index (κ3) is 2.78. The zero-order valence-electron chi connectivity index (χ0n) is 10.4. The summed E-state index contributed by atoms with van der Waals surface area (Å²) in [6.45, 7) is 0. The summed E-state index contributed by atoms with van der Waals surface area (Å²) in [5.74, 6) is -2.20. The summed E-state index contributed by atoms with van der Waals surface area (Å²) >= 11 is 0. The quantitative estimate of drug-likeness (QED) is 0.638. The number of phenols is 2. The summed E-state index contributed by atoms with van der Waals surface area (Å²) < 4.78 is 52.2. The van der Waals surface area contributed by atoms with E-state index in [9.17, 15) is 27.0 Å². The molecule has 0 aliphatic heterocycles. The normalized spacial score (nSPS) is 12.0. The average molecular weight is 330 g/mol. The molecule has 0 amide bonds. The Morgan fingerprint density at radius 3 is 2.05 bits per heavy atom. The van der Waals surface area contributed by atoms with Gasteiger partial charge in [-0.2, -0.15) is 8.42 Å². The molecule has 0 radical (unpaired) electrons. The molecular formula is C12H10O7S2. The fourth-order valence-electron chi connectivity index (χ4n) is 1.44. The number of phenolic OH excluding ortho intramolecular Hbond substituents is 2. The molecule has 0 spiro atoms. The van der Waals surface area contributed by atoms with E-state index in [-0.39, 0.29) is 0 Å². The largest absolute Gasteiger partial charge is 0.504 e. The van der Waals surface area contributed by atoms with E-state index in [1.54, 1.807) is 0 Å². The van der Waals surface area contributed by atoms with E-state index in [0.717, 1.165) is 24.3 Å². The first kappa shape index (κ1) is 15.1. The Balaban J connectivity index is 2.46. The van der Waals surface area contributed by atoms with Crippen LogP contribution in [0, 0.1) is 0 Å². The Morgan fingerprint density at radius 2 is 1.43 bits per heavy atom. The molecule has 2 aromatic carbocycles. The number of hydrogen-bond acceptors (Lipinski definition) is 7. The van der Waals surface area contributed by atoms with Crippen molar-refractivity contribution in [3.63, 3.8) is 0 Å². The maximum atomic E-state index is 12.0. The van der Waals surface area contributed by atoms with Gasteiger partial charge in [-0.3, -0.25) is 0 Å². The Morgan fingerprint density at radius 1 is 0.810 bits per heavy atom. The van der Waals surface area contributed by atoms with E-state index in [2.05, 4.69) is 4.18 Å². The summed E-state index contributed by atoms with van der Waals surface area (Å²) in [7, 11) is -9.91. The Labute approximate surface area is 120 Å². The van der Waals surface area contributed by atoms with E-state index in [4.69, 9.17) is 0 Å². The second kappa shape index (κ2) is 5.26.